The van der Waals surface area contributed by atoms with E-state index in [1.54, 1.807) is 0 Å². The van der Waals surface area contributed by atoms with Crippen molar-refractivity contribution < 1.29 is 19.8 Å². The Bertz CT molecular complexity index is 566. The number of unbranched alkanes of at least 4 members (excludes halogenated alkanes) is 3. The minimum Gasteiger partial charge on any atom is -0.507 e. The number of fused-ring (bicyclic) bond motifs is 1. The van der Waals surface area contributed by atoms with Crippen LogP contribution < -0.4 is 5.32 Å². The molecule has 1 aromatic rings. The lowest BCUT2D eigenvalue weighted by atomic mass is 9.87. The van der Waals surface area contributed by atoms with E-state index in [4.69, 9.17) is 0 Å². The van der Waals surface area contributed by atoms with Crippen LogP contribution in [0, 0.1) is 0 Å². The van der Waals surface area contributed by atoms with Gasteiger partial charge in [0.05, 0.1) is 16.8 Å². The predicted molar refractivity (Wildman–Crippen MR) is 80.3 cm³/mol. The number of hydrogen-bond donors (Lipinski definition) is 3. The van der Waals surface area contributed by atoms with E-state index in [9.17, 15) is 19.8 Å². The first-order valence-corrected chi connectivity index (χ1v) is 7.45. The molecule has 0 bridgehead atoms. The second-order valence-electron chi connectivity index (χ2n) is 5.38. The van der Waals surface area contributed by atoms with Crippen LogP contribution in [0.4, 0.5) is 5.69 Å². The van der Waals surface area contributed by atoms with Gasteiger partial charge in [0.15, 0.2) is 11.6 Å². The van der Waals surface area contributed by atoms with Gasteiger partial charge < -0.3 is 15.5 Å². The fraction of sp³-hybridized carbons (Fsp3) is 0.500. The van der Waals surface area contributed by atoms with Gasteiger partial charge in [-0.3, -0.25) is 9.59 Å². The summed E-state index contributed by atoms with van der Waals surface area (Å²) in [5.74, 6) is -1.06. The first-order chi connectivity index (χ1) is 10.1. The maximum Gasteiger partial charge on any atom is 0.168 e. The Balaban J connectivity index is 2.21. The molecule has 3 N–H and O–H groups in total. The molecular formula is C16H21NO4. The third-order valence-corrected chi connectivity index (χ3v) is 3.76. The number of benzene rings is 1. The Hall–Kier alpha value is -2.04. The van der Waals surface area contributed by atoms with Crippen molar-refractivity contribution in [2.45, 2.75) is 45.4 Å². The van der Waals surface area contributed by atoms with Crippen LogP contribution >= 0.6 is 0 Å². The summed E-state index contributed by atoms with van der Waals surface area (Å²) in [7, 11) is 0. The number of hydrogen-bond acceptors (Lipinski definition) is 5. The fourth-order valence-electron chi connectivity index (χ4n) is 2.60. The van der Waals surface area contributed by atoms with Crippen LogP contribution in [-0.2, 0) is 0 Å². The van der Waals surface area contributed by atoms with Gasteiger partial charge in [0.1, 0.15) is 11.5 Å². The van der Waals surface area contributed by atoms with Gasteiger partial charge in [0.25, 0.3) is 0 Å². The highest BCUT2D eigenvalue weighted by atomic mass is 16.3. The minimum absolute atomic E-state index is 0.0395. The first kappa shape index (κ1) is 15.4. The topological polar surface area (TPSA) is 86.6 Å². The number of carbonyl (C=O) groups excluding carboxylic acids is 2. The molecule has 1 aromatic carbocycles. The Morgan fingerprint density at radius 3 is 2.38 bits per heavy atom. The standard InChI is InChI=1S/C16H21NO4/c1-2-3-4-5-8-17-10-9-13(20)14-11(18)6-7-12(19)15(14)16(10)21/h9,17,20-21H,2-8H2,1H3. The van der Waals surface area contributed by atoms with E-state index >= 15 is 0 Å². The number of phenols is 2. The smallest absolute Gasteiger partial charge is 0.168 e. The molecule has 0 amide bonds. The predicted octanol–water partition coefficient (Wildman–Crippen LogP) is 3.25. The van der Waals surface area contributed by atoms with E-state index in [2.05, 4.69) is 12.2 Å². The molecule has 5 heteroatoms. The van der Waals surface area contributed by atoms with Gasteiger partial charge in [0.2, 0.25) is 0 Å². The van der Waals surface area contributed by atoms with E-state index in [-0.39, 0.29) is 47.0 Å². The van der Waals surface area contributed by atoms with Crippen LogP contribution in [0.15, 0.2) is 6.07 Å². The zero-order valence-electron chi connectivity index (χ0n) is 12.2. The van der Waals surface area contributed by atoms with Gasteiger partial charge in [-0.2, -0.15) is 0 Å². The average molecular weight is 291 g/mol. The van der Waals surface area contributed by atoms with Crippen molar-refractivity contribution in [1.29, 1.82) is 0 Å². The molecule has 0 atom stereocenters. The third kappa shape index (κ3) is 3.17. The zero-order valence-corrected chi connectivity index (χ0v) is 12.2. The van der Waals surface area contributed by atoms with Gasteiger partial charge in [-0.25, -0.2) is 0 Å². The van der Waals surface area contributed by atoms with Crippen molar-refractivity contribution in [3.8, 4) is 11.5 Å². The summed E-state index contributed by atoms with van der Waals surface area (Å²) in [5.41, 5.74) is 0.230. The van der Waals surface area contributed by atoms with Crippen molar-refractivity contribution in [3.63, 3.8) is 0 Å². The molecule has 1 aliphatic carbocycles. The SMILES string of the molecule is CCCCCCNc1cc(O)c2c(c1O)C(=O)CCC2=O. The van der Waals surface area contributed by atoms with Crippen LogP contribution in [0.1, 0.15) is 66.2 Å². The van der Waals surface area contributed by atoms with E-state index in [1.807, 2.05) is 0 Å². The Morgan fingerprint density at radius 2 is 1.71 bits per heavy atom. The zero-order chi connectivity index (χ0) is 15.4. The average Bonchev–Trinajstić information content (AvgIpc) is 2.46. The fourth-order valence-corrected chi connectivity index (χ4v) is 2.60. The van der Waals surface area contributed by atoms with Crippen molar-refractivity contribution in [1.82, 2.24) is 0 Å². The maximum atomic E-state index is 11.9. The molecule has 0 saturated carbocycles. The minimum atomic E-state index is -0.299. The summed E-state index contributed by atoms with van der Waals surface area (Å²) in [6.07, 6.45) is 4.48. The highest BCUT2D eigenvalue weighted by Crippen LogP contribution is 2.40. The van der Waals surface area contributed by atoms with Crippen LogP contribution in [-0.4, -0.2) is 28.3 Å². The van der Waals surface area contributed by atoms with Crippen LogP contribution in [0.2, 0.25) is 0 Å². The Labute approximate surface area is 124 Å². The maximum absolute atomic E-state index is 11.9. The molecule has 0 heterocycles. The summed E-state index contributed by atoms with van der Waals surface area (Å²) in [5, 5.41) is 23.2. The number of phenolic OH excluding ortho intramolecular Hbond substituents is 2. The molecular weight excluding hydrogens is 270 g/mol. The van der Waals surface area contributed by atoms with Crippen LogP contribution in [0.3, 0.4) is 0 Å². The molecule has 1 aliphatic rings. The normalized spacial score (nSPS) is 14.1. The van der Waals surface area contributed by atoms with E-state index in [0.29, 0.717) is 12.2 Å². The highest BCUT2D eigenvalue weighted by molar-refractivity contribution is 6.17. The van der Waals surface area contributed by atoms with Gasteiger partial charge in [-0.1, -0.05) is 26.2 Å². The molecule has 21 heavy (non-hydrogen) atoms. The van der Waals surface area contributed by atoms with Crippen molar-refractivity contribution in [3.05, 3.63) is 17.2 Å². The molecule has 0 radical (unpaired) electrons. The largest absolute Gasteiger partial charge is 0.507 e. The number of Topliss-reactive ketones (excluding diaryl/α,β-unsaturated/α-hetero) is 2. The van der Waals surface area contributed by atoms with Crippen LogP contribution in [0.5, 0.6) is 11.5 Å². The summed E-state index contributed by atoms with van der Waals surface area (Å²) < 4.78 is 0. The molecule has 0 unspecified atom stereocenters. The van der Waals surface area contributed by atoms with Crippen molar-refractivity contribution in [2.24, 2.45) is 0 Å². The highest BCUT2D eigenvalue weighted by Gasteiger charge is 2.31. The summed E-state index contributed by atoms with van der Waals surface area (Å²) in [6.45, 7) is 2.78. The second-order valence-corrected chi connectivity index (χ2v) is 5.38. The number of rotatable bonds is 6. The summed E-state index contributed by atoms with van der Waals surface area (Å²) >= 11 is 0. The number of nitrogens with one attached hydrogen (secondary N) is 1. The molecule has 2 rings (SSSR count). The molecule has 0 aromatic heterocycles. The van der Waals surface area contributed by atoms with E-state index in [1.165, 1.54) is 6.07 Å². The number of anilines is 1. The molecule has 0 fully saturated rings. The molecule has 114 valence electrons. The lowest BCUT2D eigenvalue weighted by Crippen LogP contribution is -2.18. The third-order valence-electron chi connectivity index (χ3n) is 3.76. The van der Waals surface area contributed by atoms with Gasteiger partial charge in [0, 0.05) is 25.5 Å². The summed E-state index contributed by atoms with van der Waals surface area (Å²) in [6, 6.07) is 1.32. The van der Waals surface area contributed by atoms with E-state index < -0.39 is 0 Å². The number of ketones is 2. The molecule has 0 saturated heterocycles. The van der Waals surface area contributed by atoms with Gasteiger partial charge in [-0.05, 0) is 6.42 Å². The number of aromatic hydroxyl groups is 2. The quantitative estimate of drug-likeness (QED) is 0.425. The first-order valence-electron chi connectivity index (χ1n) is 7.45. The van der Waals surface area contributed by atoms with Crippen molar-refractivity contribution in [2.75, 3.05) is 11.9 Å². The Kier molecular flexibility index (Phi) is 4.83. The summed E-state index contributed by atoms with van der Waals surface area (Å²) in [4.78, 5) is 23.7. The number of carbonyl (C=O) groups is 2. The monoisotopic (exact) mass is 291 g/mol. The second kappa shape index (κ2) is 6.61. The molecule has 0 aliphatic heterocycles. The molecule has 5 nitrogen and oxygen atoms in total. The van der Waals surface area contributed by atoms with Crippen molar-refractivity contribution >= 4 is 17.3 Å². The van der Waals surface area contributed by atoms with E-state index in [0.717, 1.165) is 25.7 Å². The van der Waals surface area contributed by atoms with Gasteiger partial charge >= 0.3 is 0 Å². The lowest BCUT2D eigenvalue weighted by molar-refractivity contribution is 0.0885. The van der Waals surface area contributed by atoms with Crippen LogP contribution in [0.25, 0.3) is 0 Å². The Morgan fingerprint density at radius 1 is 1.05 bits per heavy atom. The van der Waals surface area contributed by atoms with Gasteiger partial charge in [-0.15, -0.1) is 0 Å². The molecule has 0 spiro atoms. The lowest BCUT2D eigenvalue weighted by Gasteiger charge is -2.19.